The average molecular weight is 323 g/mol. The first-order valence-corrected chi connectivity index (χ1v) is 8.37. The Bertz CT molecular complexity index is 770. The van der Waals surface area contributed by atoms with Gasteiger partial charge in [-0.25, -0.2) is 4.98 Å². The van der Waals surface area contributed by atoms with Crippen LogP contribution in [0.4, 0.5) is 0 Å². The van der Waals surface area contributed by atoms with Crippen LogP contribution in [0.5, 0.6) is 0 Å². The quantitative estimate of drug-likeness (QED) is 0.738. The normalized spacial score (nSPS) is 16.5. The highest BCUT2D eigenvalue weighted by Gasteiger charge is 2.21. The Morgan fingerprint density at radius 2 is 1.96 bits per heavy atom. The molecule has 0 amide bonds. The van der Waals surface area contributed by atoms with Gasteiger partial charge in [-0.15, -0.1) is 0 Å². The zero-order valence-corrected chi connectivity index (χ0v) is 13.8. The standard InChI is InChI=1S/C18H21N5O/c1-14-2-4-15(5-3-14)18-20-17(24-21-18)12-22-9-6-16(7-10-22)23-11-8-19-13-23/h2-5,8,11,13,16H,6-7,9-10,12H2,1H3. The number of aryl methyl sites for hydroxylation is 1. The second kappa shape index (κ2) is 6.57. The minimum atomic E-state index is 0.551. The second-order valence-corrected chi connectivity index (χ2v) is 6.39. The maximum atomic E-state index is 5.43. The molecule has 0 bridgehead atoms. The van der Waals surface area contributed by atoms with E-state index in [0.29, 0.717) is 17.8 Å². The maximum Gasteiger partial charge on any atom is 0.241 e. The summed E-state index contributed by atoms with van der Waals surface area (Å²) in [6, 6.07) is 8.73. The van der Waals surface area contributed by atoms with Crippen molar-refractivity contribution in [3.05, 3.63) is 54.4 Å². The van der Waals surface area contributed by atoms with Crippen LogP contribution in [0, 0.1) is 6.92 Å². The lowest BCUT2D eigenvalue weighted by atomic mass is 10.1. The molecule has 2 aromatic heterocycles. The Morgan fingerprint density at radius 3 is 2.67 bits per heavy atom. The van der Waals surface area contributed by atoms with Crippen LogP contribution >= 0.6 is 0 Å². The predicted molar refractivity (Wildman–Crippen MR) is 90.2 cm³/mol. The minimum Gasteiger partial charge on any atom is -0.338 e. The first kappa shape index (κ1) is 15.1. The molecule has 1 aliphatic heterocycles. The van der Waals surface area contributed by atoms with Crippen LogP contribution in [0.25, 0.3) is 11.4 Å². The van der Waals surface area contributed by atoms with Crippen molar-refractivity contribution in [1.29, 1.82) is 0 Å². The van der Waals surface area contributed by atoms with E-state index in [1.54, 1.807) is 0 Å². The third-order valence-electron chi connectivity index (χ3n) is 4.64. The Morgan fingerprint density at radius 1 is 1.17 bits per heavy atom. The summed E-state index contributed by atoms with van der Waals surface area (Å²) in [5, 5.41) is 4.11. The second-order valence-electron chi connectivity index (χ2n) is 6.39. The van der Waals surface area contributed by atoms with Crippen LogP contribution in [0.15, 0.2) is 47.5 Å². The maximum absolute atomic E-state index is 5.43. The zero-order valence-electron chi connectivity index (χ0n) is 13.8. The summed E-state index contributed by atoms with van der Waals surface area (Å²) >= 11 is 0. The molecule has 24 heavy (non-hydrogen) atoms. The van der Waals surface area contributed by atoms with Crippen molar-refractivity contribution >= 4 is 0 Å². The monoisotopic (exact) mass is 323 g/mol. The minimum absolute atomic E-state index is 0.551. The summed E-state index contributed by atoms with van der Waals surface area (Å²) in [4.78, 5) is 11.1. The molecule has 0 atom stereocenters. The number of piperidine rings is 1. The number of hydrogen-bond acceptors (Lipinski definition) is 5. The smallest absolute Gasteiger partial charge is 0.241 e. The van der Waals surface area contributed by atoms with Crippen LogP contribution in [-0.4, -0.2) is 37.7 Å². The lowest BCUT2D eigenvalue weighted by Crippen LogP contribution is -2.34. The van der Waals surface area contributed by atoms with Crippen molar-refractivity contribution in [2.45, 2.75) is 32.4 Å². The largest absolute Gasteiger partial charge is 0.338 e. The van der Waals surface area contributed by atoms with Crippen molar-refractivity contribution in [2.75, 3.05) is 13.1 Å². The molecule has 1 saturated heterocycles. The SMILES string of the molecule is Cc1ccc(-c2noc(CN3CCC(n4ccnc4)CC3)n2)cc1. The van der Waals surface area contributed by atoms with Gasteiger partial charge in [-0.05, 0) is 19.8 Å². The molecule has 0 N–H and O–H groups in total. The molecule has 6 heteroatoms. The van der Waals surface area contributed by atoms with Crippen LogP contribution in [0.2, 0.25) is 0 Å². The summed E-state index contributed by atoms with van der Waals surface area (Å²) in [5.41, 5.74) is 2.22. The van der Waals surface area contributed by atoms with Gasteiger partial charge in [0.2, 0.25) is 11.7 Å². The van der Waals surface area contributed by atoms with Crippen molar-refractivity contribution in [1.82, 2.24) is 24.6 Å². The van der Waals surface area contributed by atoms with E-state index in [1.807, 2.05) is 30.9 Å². The van der Waals surface area contributed by atoms with Crippen molar-refractivity contribution in [3.8, 4) is 11.4 Å². The van der Waals surface area contributed by atoms with Gasteiger partial charge in [-0.3, -0.25) is 4.90 Å². The van der Waals surface area contributed by atoms with Crippen molar-refractivity contribution in [2.24, 2.45) is 0 Å². The van der Waals surface area contributed by atoms with Gasteiger partial charge in [-0.1, -0.05) is 35.0 Å². The van der Waals surface area contributed by atoms with Crippen molar-refractivity contribution < 1.29 is 4.52 Å². The van der Waals surface area contributed by atoms with Crippen LogP contribution in [0.1, 0.15) is 30.3 Å². The summed E-state index contributed by atoms with van der Waals surface area (Å²) in [6.45, 7) is 4.85. The van der Waals surface area contributed by atoms with E-state index in [-0.39, 0.29) is 0 Å². The fourth-order valence-corrected chi connectivity index (χ4v) is 3.19. The molecule has 124 valence electrons. The fourth-order valence-electron chi connectivity index (χ4n) is 3.19. The van der Waals surface area contributed by atoms with Gasteiger partial charge >= 0.3 is 0 Å². The average Bonchev–Trinajstić information content (AvgIpc) is 3.28. The summed E-state index contributed by atoms with van der Waals surface area (Å²) in [6.07, 6.45) is 8.04. The van der Waals surface area contributed by atoms with Crippen molar-refractivity contribution in [3.63, 3.8) is 0 Å². The van der Waals surface area contributed by atoms with E-state index in [2.05, 4.69) is 43.6 Å². The molecule has 6 nitrogen and oxygen atoms in total. The molecule has 4 rings (SSSR count). The van der Waals surface area contributed by atoms with Crippen LogP contribution in [0.3, 0.4) is 0 Å². The number of hydrogen-bond donors (Lipinski definition) is 0. The Kier molecular flexibility index (Phi) is 4.13. The highest BCUT2D eigenvalue weighted by Crippen LogP contribution is 2.23. The molecular formula is C18H21N5O. The number of likely N-dealkylation sites (tertiary alicyclic amines) is 1. The molecule has 3 heterocycles. The van der Waals surface area contributed by atoms with Gasteiger partial charge in [0.1, 0.15) is 0 Å². The molecule has 3 aromatic rings. The van der Waals surface area contributed by atoms with Gasteiger partial charge < -0.3 is 9.09 Å². The number of rotatable bonds is 4. The summed E-state index contributed by atoms with van der Waals surface area (Å²) < 4.78 is 7.64. The van der Waals surface area contributed by atoms with Gasteiger partial charge in [0, 0.05) is 37.1 Å². The van der Waals surface area contributed by atoms with Gasteiger partial charge in [-0.2, -0.15) is 4.98 Å². The Balaban J connectivity index is 1.36. The third-order valence-corrected chi connectivity index (χ3v) is 4.64. The topological polar surface area (TPSA) is 60.0 Å². The predicted octanol–water partition coefficient (Wildman–Crippen LogP) is 3.08. The lowest BCUT2D eigenvalue weighted by molar-refractivity contribution is 0.161. The first-order chi connectivity index (χ1) is 11.8. The van der Waals surface area contributed by atoms with E-state index in [0.717, 1.165) is 38.0 Å². The van der Waals surface area contributed by atoms with E-state index >= 15 is 0 Å². The zero-order chi connectivity index (χ0) is 16.4. The number of imidazole rings is 1. The number of aromatic nitrogens is 4. The molecule has 0 spiro atoms. The third kappa shape index (κ3) is 3.23. The molecular weight excluding hydrogens is 302 g/mol. The molecule has 0 radical (unpaired) electrons. The van der Waals surface area contributed by atoms with E-state index in [9.17, 15) is 0 Å². The molecule has 0 saturated carbocycles. The summed E-state index contributed by atoms with van der Waals surface area (Å²) in [5.74, 6) is 1.35. The Hall–Kier alpha value is -2.47. The lowest BCUT2D eigenvalue weighted by Gasteiger charge is -2.31. The van der Waals surface area contributed by atoms with Crippen LogP contribution in [-0.2, 0) is 6.54 Å². The number of benzene rings is 1. The molecule has 1 fully saturated rings. The highest BCUT2D eigenvalue weighted by atomic mass is 16.5. The summed E-state index contributed by atoms with van der Waals surface area (Å²) in [7, 11) is 0. The van der Waals surface area contributed by atoms with Gasteiger partial charge in [0.25, 0.3) is 0 Å². The molecule has 1 aliphatic rings. The molecule has 0 aliphatic carbocycles. The fraction of sp³-hybridized carbons (Fsp3) is 0.389. The van der Waals surface area contributed by atoms with E-state index in [1.165, 1.54) is 5.56 Å². The number of nitrogens with zero attached hydrogens (tertiary/aromatic N) is 5. The Labute approximate surface area is 141 Å². The highest BCUT2D eigenvalue weighted by molar-refractivity contribution is 5.54. The van der Waals surface area contributed by atoms with Gasteiger partial charge in [0.15, 0.2) is 0 Å². The first-order valence-electron chi connectivity index (χ1n) is 8.37. The van der Waals surface area contributed by atoms with E-state index < -0.39 is 0 Å². The van der Waals surface area contributed by atoms with E-state index in [4.69, 9.17) is 4.52 Å². The van der Waals surface area contributed by atoms with Gasteiger partial charge in [0.05, 0.1) is 12.9 Å². The van der Waals surface area contributed by atoms with Crippen LogP contribution < -0.4 is 0 Å². The molecule has 0 unspecified atom stereocenters. The molecule has 1 aromatic carbocycles.